The van der Waals surface area contributed by atoms with Crippen LogP contribution in [0.2, 0.25) is 5.02 Å². The first-order valence-corrected chi connectivity index (χ1v) is 5.82. The van der Waals surface area contributed by atoms with E-state index in [0.717, 1.165) is 11.3 Å². The number of ether oxygens (including phenoxy) is 1. The molecule has 0 unspecified atom stereocenters. The van der Waals surface area contributed by atoms with Crippen molar-refractivity contribution < 1.29 is 4.74 Å². The molecule has 6 heteroatoms. The third kappa shape index (κ3) is 2.75. The maximum atomic E-state index is 11.9. The molecule has 2 aromatic rings. The molecule has 5 nitrogen and oxygen atoms in total. The molecule has 0 saturated carbocycles. The summed E-state index contributed by atoms with van der Waals surface area (Å²) in [4.78, 5) is 11.9. The molecule has 2 rings (SSSR count). The standard InChI is InChI=1S/C13H10ClN3O2/c1-19-10-4-2-9(3-5-10)8-17-13(18)11(6-15)12(14)7-16-17/h2-5,7H,8H2,1H3. The Kier molecular flexibility index (Phi) is 3.83. The van der Waals surface area contributed by atoms with E-state index in [-0.39, 0.29) is 17.1 Å². The van der Waals surface area contributed by atoms with Crippen molar-refractivity contribution in [2.75, 3.05) is 7.11 Å². The fourth-order valence-corrected chi connectivity index (χ4v) is 1.75. The maximum Gasteiger partial charge on any atom is 0.286 e. The second-order valence-corrected chi connectivity index (χ2v) is 4.20. The Hall–Kier alpha value is -2.32. The fourth-order valence-electron chi connectivity index (χ4n) is 1.59. The number of methoxy groups -OCH3 is 1. The van der Waals surface area contributed by atoms with Gasteiger partial charge in [-0.2, -0.15) is 10.4 Å². The molecule has 96 valence electrons. The van der Waals surface area contributed by atoms with Gasteiger partial charge in [0.1, 0.15) is 17.4 Å². The van der Waals surface area contributed by atoms with Crippen molar-refractivity contribution in [3.05, 3.63) is 57.0 Å². The van der Waals surface area contributed by atoms with Gasteiger partial charge in [-0.15, -0.1) is 0 Å². The summed E-state index contributed by atoms with van der Waals surface area (Å²) in [6.45, 7) is 0.272. The zero-order chi connectivity index (χ0) is 13.8. The van der Waals surface area contributed by atoms with Gasteiger partial charge in [-0.25, -0.2) is 4.68 Å². The lowest BCUT2D eigenvalue weighted by atomic mass is 10.2. The number of halogens is 1. The quantitative estimate of drug-likeness (QED) is 0.857. The van der Waals surface area contributed by atoms with Gasteiger partial charge in [0.15, 0.2) is 0 Å². The second-order valence-electron chi connectivity index (χ2n) is 3.79. The summed E-state index contributed by atoms with van der Waals surface area (Å²) < 4.78 is 6.25. The van der Waals surface area contributed by atoms with Gasteiger partial charge in [-0.3, -0.25) is 4.79 Å². The molecule has 1 heterocycles. The average Bonchev–Trinajstić information content (AvgIpc) is 2.43. The Balaban J connectivity index is 2.34. The molecule has 0 bridgehead atoms. The summed E-state index contributed by atoms with van der Waals surface area (Å²) in [5.74, 6) is 0.734. The molecular weight excluding hydrogens is 266 g/mol. The highest BCUT2D eigenvalue weighted by Gasteiger charge is 2.09. The highest BCUT2D eigenvalue weighted by molar-refractivity contribution is 6.31. The summed E-state index contributed by atoms with van der Waals surface area (Å²) in [6.07, 6.45) is 1.30. The van der Waals surface area contributed by atoms with Crippen LogP contribution in [0.4, 0.5) is 0 Å². The monoisotopic (exact) mass is 275 g/mol. The van der Waals surface area contributed by atoms with Crippen LogP contribution in [0.15, 0.2) is 35.3 Å². The van der Waals surface area contributed by atoms with E-state index >= 15 is 0 Å². The molecular formula is C13H10ClN3O2. The fraction of sp³-hybridized carbons (Fsp3) is 0.154. The first-order valence-electron chi connectivity index (χ1n) is 5.44. The lowest BCUT2D eigenvalue weighted by Gasteiger charge is -2.06. The third-order valence-electron chi connectivity index (χ3n) is 2.60. The summed E-state index contributed by atoms with van der Waals surface area (Å²) in [5, 5.41) is 12.8. The van der Waals surface area contributed by atoms with E-state index in [1.54, 1.807) is 25.3 Å². The minimum absolute atomic E-state index is 0.0680. The van der Waals surface area contributed by atoms with E-state index in [1.807, 2.05) is 12.1 Å². The normalized spacial score (nSPS) is 9.95. The Morgan fingerprint density at radius 3 is 2.68 bits per heavy atom. The number of hydrogen-bond donors (Lipinski definition) is 0. The van der Waals surface area contributed by atoms with Crippen LogP contribution in [-0.4, -0.2) is 16.9 Å². The van der Waals surface area contributed by atoms with E-state index < -0.39 is 5.56 Å². The zero-order valence-electron chi connectivity index (χ0n) is 10.1. The third-order valence-corrected chi connectivity index (χ3v) is 2.89. The maximum absolute atomic E-state index is 11.9. The van der Waals surface area contributed by atoms with Crippen molar-refractivity contribution in [2.24, 2.45) is 0 Å². The average molecular weight is 276 g/mol. The molecule has 0 atom stereocenters. The SMILES string of the molecule is COc1ccc(Cn2ncc(Cl)c(C#N)c2=O)cc1. The molecule has 0 spiro atoms. The van der Waals surface area contributed by atoms with Gasteiger partial charge in [0, 0.05) is 0 Å². The minimum atomic E-state index is -0.495. The molecule has 1 aromatic heterocycles. The molecule has 0 amide bonds. The van der Waals surface area contributed by atoms with E-state index in [4.69, 9.17) is 21.6 Å². The lowest BCUT2D eigenvalue weighted by molar-refractivity contribution is 0.414. The number of hydrogen-bond acceptors (Lipinski definition) is 4. The molecule has 1 aromatic carbocycles. The van der Waals surface area contributed by atoms with E-state index in [9.17, 15) is 4.79 Å². The van der Waals surface area contributed by atoms with Crippen LogP contribution in [0, 0.1) is 11.3 Å². The van der Waals surface area contributed by atoms with E-state index in [1.165, 1.54) is 10.9 Å². The molecule has 0 fully saturated rings. The Morgan fingerprint density at radius 1 is 1.42 bits per heavy atom. The predicted octanol–water partition coefficient (Wildman–Crippen LogP) is 1.83. The van der Waals surface area contributed by atoms with Crippen molar-refractivity contribution in [3.63, 3.8) is 0 Å². The van der Waals surface area contributed by atoms with Crippen molar-refractivity contribution in [1.82, 2.24) is 9.78 Å². The second kappa shape index (κ2) is 5.55. The summed E-state index contributed by atoms with van der Waals surface area (Å²) in [7, 11) is 1.58. The molecule has 0 radical (unpaired) electrons. The van der Waals surface area contributed by atoms with Gasteiger partial charge in [-0.1, -0.05) is 23.7 Å². The first kappa shape index (κ1) is 13.1. The highest BCUT2D eigenvalue weighted by atomic mass is 35.5. The topological polar surface area (TPSA) is 67.9 Å². The van der Waals surface area contributed by atoms with Crippen LogP contribution >= 0.6 is 11.6 Å². The van der Waals surface area contributed by atoms with Crippen LogP contribution in [0.25, 0.3) is 0 Å². The number of rotatable bonds is 3. The van der Waals surface area contributed by atoms with Gasteiger partial charge in [0.2, 0.25) is 0 Å². The summed E-state index contributed by atoms with van der Waals surface area (Å²) in [5.41, 5.74) is 0.289. The Morgan fingerprint density at radius 2 is 2.11 bits per heavy atom. The Labute approximate surface area is 114 Å². The van der Waals surface area contributed by atoms with Gasteiger partial charge < -0.3 is 4.74 Å². The number of benzene rings is 1. The molecule has 19 heavy (non-hydrogen) atoms. The first-order chi connectivity index (χ1) is 9.15. The molecule has 0 saturated heterocycles. The van der Waals surface area contributed by atoms with Gasteiger partial charge in [0.05, 0.1) is 24.9 Å². The summed E-state index contributed by atoms with van der Waals surface area (Å²) >= 11 is 5.73. The summed E-state index contributed by atoms with van der Waals surface area (Å²) in [6, 6.07) is 9.02. The Bertz CT molecular complexity index is 687. The minimum Gasteiger partial charge on any atom is -0.497 e. The van der Waals surface area contributed by atoms with E-state index in [0.29, 0.717) is 0 Å². The van der Waals surface area contributed by atoms with Gasteiger partial charge in [0.25, 0.3) is 5.56 Å². The van der Waals surface area contributed by atoms with Gasteiger partial charge in [-0.05, 0) is 17.7 Å². The number of nitrogens with zero attached hydrogens (tertiary/aromatic N) is 3. The van der Waals surface area contributed by atoms with Crippen molar-refractivity contribution in [1.29, 1.82) is 5.26 Å². The molecule has 0 aliphatic heterocycles. The van der Waals surface area contributed by atoms with Crippen LogP contribution < -0.4 is 10.3 Å². The molecule has 0 aliphatic carbocycles. The number of aromatic nitrogens is 2. The largest absolute Gasteiger partial charge is 0.497 e. The molecule has 0 aliphatic rings. The van der Waals surface area contributed by atoms with Crippen molar-refractivity contribution >= 4 is 11.6 Å². The van der Waals surface area contributed by atoms with Crippen LogP contribution in [-0.2, 0) is 6.54 Å². The van der Waals surface area contributed by atoms with Crippen LogP contribution in [0.1, 0.15) is 11.1 Å². The molecule has 0 N–H and O–H groups in total. The van der Waals surface area contributed by atoms with Crippen LogP contribution in [0.3, 0.4) is 0 Å². The van der Waals surface area contributed by atoms with Crippen molar-refractivity contribution in [3.8, 4) is 11.8 Å². The van der Waals surface area contributed by atoms with Crippen LogP contribution in [0.5, 0.6) is 5.75 Å². The van der Waals surface area contributed by atoms with E-state index in [2.05, 4.69) is 5.10 Å². The predicted molar refractivity (Wildman–Crippen MR) is 70.3 cm³/mol. The number of nitriles is 1. The smallest absolute Gasteiger partial charge is 0.286 e. The highest BCUT2D eigenvalue weighted by Crippen LogP contribution is 2.12. The lowest BCUT2D eigenvalue weighted by Crippen LogP contribution is -2.25. The van der Waals surface area contributed by atoms with Gasteiger partial charge >= 0.3 is 0 Å². The zero-order valence-corrected chi connectivity index (χ0v) is 10.9. The van der Waals surface area contributed by atoms with Crippen molar-refractivity contribution in [2.45, 2.75) is 6.54 Å².